The number of carbonyl (C=O) groups excluding carboxylic acids is 1. The largest absolute Gasteiger partial charge is 0.505 e. The average Bonchev–Trinajstić information content (AvgIpc) is 2.57. The summed E-state index contributed by atoms with van der Waals surface area (Å²) in [5, 5.41) is 9.20. The lowest BCUT2D eigenvalue weighted by Crippen LogP contribution is -2.19. The first-order chi connectivity index (χ1) is 11.1. The summed E-state index contributed by atoms with van der Waals surface area (Å²) in [5.74, 6) is -1.57. The van der Waals surface area contributed by atoms with E-state index in [4.69, 9.17) is 0 Å². The molecule has 0 spiro atoms. The number of aromatic nitrogens is 1. The molecule has 1 N–H and O–H groups in total. The summed E-state index contributed by atoms with van der Waals surface area (Å²) in [7, 11) is 0. The number of phenolic OH excluding ortho intramolecular Hbond substituents is 1. The van der Waals surface area contributed by atoms with Gasteiger partial charge >= 0.3 is 0 Å². The first-order valence-corrected chi connectivity index (χ1v) is 6.87. The standard InChI is InChI=1S/C18H12FNO3/c19-15-11-14(6-7-16(15)21)20-9-8-13(10-17(20)22)18(23)12-4-2-1-3-5-12/h1-11,21H. The minimum absolute atomic E-state index is 0.258. The number of nitrogens with zero attached hydrogens (tertiary/aromatic N) is 1. The summed E-state index contributed by atoms with van der Waals surface area (Å²) in [5.41, 5.74) is 0.554. The highest BCUT2D eigenvalue weighted by molar-refractivity contribution is 6.08. The van der Waals surface area contributed by atoms with Crippen LogP contribution in [0, 0.1) is 5.82 Å². The van der Waals surface area contributed by atoms with Crippen molar-refractivity contribution in [3.8, 4) is 11.4 Å². The van der Waals surface area contributed by atoms with Crippen LogP contribution in [-0.4, -0.2) is 15.5 Å². The molecule has 0 unspecified atom stereocenters. The van der Waals surface area contributed by atoms with Gasteiger partial charge in [0.25, 0.3) is 5.56 Å². The van der Waals surface area contributed by atoms with Crippen molar-refractivity contribution in [1.29, 1.82) is 0 Å². The van der Waals surface area contributed by atoms with E-state index in [0.717, 1.165) is 6.07 Å². The van der Waals surface area contributed by atoms with Crippen molar-refractivity contribution in [2.24, 2.45) is 0 Å². The maximum absolute atomic E-state index is 13.4. The van der Waals surface area contributed by atoms with Gasteiger partial charge in [-0.1, -0.05) is 30.3 Å². The summed E-state index contributed by atoms with van der Waals surface area (Å²) < 4.78 is 14.6. The maximum atomic E-state index is 13.4. The van der Waals surface area contributed by atoms with Gasteiger partial charge in [-0.15, -0.1) is 0 Å². The summed E-state index contributed by atoms with van der Waals surface area (Å²) >= 11 is 0. The normalized spacial score (nSPS) is 10.5. The molecule has 0 radical (unpaired) electrons. The van der Waals surface area contributed by atoms with E-state index in [1.807, 2.05) is 0 Å². The Morgan fingerprint density at radius 2 is 1.70 bits per heavy atom. The van der Waals surface area contributed by atoms with Gasteiger partial charge in [-0.05, 0) is 18.2 Å². The number of hydrogen-bond donors (Lipinski definition) is 1. The van der Waals surface area contributed by atoms with Gasteiger partial charge in [0, 0.05) is 29.5 Å². The second kappa shape index (κ2) is 5.88. The molecule has 4 nitrogen and oxygen atoms in total. The number of hydrogen-bond acceptors (Lipinski definition) is 3. The number of halogens is 1. The van der Waals surface area contributed by atoms with Crippen molar-refractivity contribution in [2.75, 3.05) is 0 Å². The quantitative estimate of drug-likeness (QED) is 0.757. The van der Waals surface area contributed by atoms with Crippen LogP contribution < -0.4 is 5.56 Å². The number of aromatic hydroxyl groups is 1. The van der Waals surface area contributed by atoms with E-state index in [2.05, 4.69) is 0 Å². The van der Waals surface area contributed by atoms with Crippen molar-refractivity contribution in [3.05, 3.63) is 94.2 Å². The molecule has 23 heavy (non-hydrogen) atoms. The molecule has 3 aromatic rings. The van der Waals surface area contributed by atoms with Crippen LogP contribution in [0.4, 0.5) is 4.39 Å². The summed E-state index contributed by atoms with van der Waals surface area (Å²) in [6.07, 6.45) is 1.41. The molecule has 1 heterocycles. The van der Waals surface area contributed by atoms with Gasteiger partial charge < -0.3 is 5.11 Å². The molecular formula is C18H12FNO3. The molecule has 1 aromatic heterocycles. The number of ketones is 1. The molecule has 0 saturated carbocycles. The fourth-order valence-corrected chi connectivity index (χ4v) is 2.24. The van der Waals surface area contributed by atoms with E-state index in [0.29, 0.717) is 5.56 Å². The number of rotatable bonds is 3. The summed E-state index contributed by atoms with van der Waals surface area (Å²) in [6, 6.07) is 15.0. The van der Waals surface area contributed by atoms with Crippen LogP contribution in [0.1, 0.15) is 15.9 Å². The third-order valence-corrected chi connectivity index (χ3v) is 3.43. The Bertz CT molecular complexity index is 932. The Labute approximate surface area is 131 Å². The molecule has 5 heteroatoms. The predicted molar refractivity (Wildman–Crippen MR) is 83.5 cm³/mol. The van der Waals surface area contributed by atoms with Crippen LogP contribution in [0.25, 0.3) is 5.69 Å². The number of benzene rings is 2. The van der Waals surface area contributed by atoms with Gasteiger partial charge in [-0.2, -0.15) is 0 Å². The van der Waals surface area contributed by atoms with Crippen molar-refractivity contribution in [2.45, 2.75) is 0 Å². The predicted octanol–water partition coefficient (Wildman–Crippen LogP) is 2.91. The number of pyridine rings is 1. The SMILES string of the molecule is O=C(c1ccccc1)c1ccn(-c2ccc(O)c(F)c2)c(=O)c1. The summed E-state index contributed by atoms with van der Waals surface area (Å²) in [6.45, 7) is 0. The van der Waals surface area contributed by atoms with E-state index < -0.39 is 17.1 Å². The smallest absolute Gasteiger partial charge is 0.255 e. The zero-order valence-corrected chi connectivity index (χ0v) is 11.9. The lowest BCUT2D eigenvalue weighted by atomic mass is 10.0. The van der Waals surface area contributed by atoms with Crippen LogP contribution in [0.15, 0.2) is 71.7 Å². The third kappa shape index (κ3) is 2.89. The molecule has 0 aliphatic carbocycles. The summed E-state index contributed by atoms with van der Waals surface area (Å²) in [4.78, 5) is 24.5. The van der Waals surface area contributed by atoms with Crippen LogP contribution in [0.3, 0.4) is 0 Å². The van der Waals surface area contributed by atoms with Gasteiger partial charge in [0.05, 0.1) is 5.69 Å². The van der Waals surface area contributed by atoms with Crippen LogP contribution in [-0.2, 0) is 0 Å². The average molecular weight is 309 g/mol. The monoisotopic (exact) mass is 309 g/mol. The Hall–Kier alpha value is -3.21. The molecule has 0 amide bonds. The fourth-order valence-electron chi connectivity index (χ4n) is 2.24. The van der Waals surface area contributed by atoms with E-state index >= 15 is 0 Å². The second-order valence-electron chi connectivity index (χ2n) is 4.95. The Kier molecular flexibility index (Phi) is 3.76. The minimum Gasteiger partial charge on any atom is -0.505 e. The first-order valence-electron chi connectivity index (χ1n) is 6.87. The molecule has 0 atom stereocenters. The zero-order valence-electron chi connectivity index (χ0n) is 11.9. The van der Waals surface area contributed by atoms with Crippen molar-refractivity contribution in [3.63, 3.8) is 0 Å². The van der Waals surface area contributed by atoms with Gasteiger partial charge in [0.1, 0.15) is 0 Å². The highest BCUT2D eigenvalue weighted by Crippen LogP contribution is 2.18. The van der Waals surface area contributed by atoms with Gasteiger partial charge in [0.2, 0.25) is 0 Å². The highest BCUT2D eigenvalue weighted by Gasteiger charge is 2.11. The molecule has 3 rings (SSSR count). The molecular weight excluding hydrogens is 297 g/mol. The first kappa shape index (κ1) is 14.7. The Morgan fingerprint density at radius 1 is 0.957 bits per heavy atom. The van der Waals surface area contributed by atoms with E-state index in [1.54, 1.807) is 30.3 Å². The van der Waals surface area contributed by atoms with Gasteiger partial charge in [-0.25, -0.2) is 4.39 Å². The van der Waals surface area contributed by atoms with Crippen molar-refractivity contribution >= 4 is 5.78 Å². The molecule has 2 aromatic carbocycles. The Morgan fingerprint density at radius 3 is 2.35 bits per heavy atom. The molecule has 0 aliphatic heterocycles. The van der Waals surface area contributed by atoms with Crippen molar-refractivity contribution < 1.29 is 14.3 Å². The molecule has 0 bridgehead atoms. The Balaban J connectivity index is 2.00. The van der Waals surface area contributed by atoms with Crippen LogP contribution in [0.2, 0.25) is 0 Å². The zero-order chi connectivity index (χ0) is 16.4. The lowest BCUT2D eigenvalue weighted by Gasteiger charge is -2.07. The van der Waals surface area contributed by atoms with Crippen LogP contribution >= 0.6 is 0 Å². The van der Waals surface area contributed by atoms with E-state index in [-0.39, 0.29) is 17.0 Å². The van der Waals surface area contributed by atoms with Crippen molar-refractivity contribution in [1.82, 2.24) is 4.57 Å². The lowest BCUT2D eigenvalue weighted by molar-refractivity contribution is 0.103. The minimum atomic E-state index is -0.821. The van der Waals surface area contributed by atoms with Gasteiger partial charge in [0.15, 0.2) is 17.3 Å². The number of carbonyl (C=O) groups is 1. The van der Waals surface area contributed by atoms with E-state index in [1.165, 1.54) is 35.0 Å². The molecule has 0 fully saturated rings. The van der Waals surface area contributed by atoms with E-state index in [9.17, 15) is 19.1 Å². The molecule has 0 aliphatic rings. The number of phenols is 1. The molecule has 0 saturated heterocycles. The fraction of sp³-hybridized carbons (Fsp3) is 0. The van der Waals surface area contributed by atoms with Crippen LogP contribution in [0.5, 0.6) is 5.75 Å². The van der Waals surface area contributed by atoms with Gasteiger partial charge in [-0.3, -0.25) is 14.2 Å². The topological polar surface area (TPSA) is 59.3 Å². The highest BCUT2D eigenvalue weighted by atomic mass is 19.1. The second-order valence-corrected chi connectivity index (χ2v) is 4.95. The maximum Gasteiger partial charge on any atom is 0.255 e. The third-order valence-electron chi connectivity index (χ3n) is 3.43. The molecule has 114 valence electrons.